The van der Waals surface area contributed by atoms with E-state index < -0.39 is 5.97 Å². The molecule has 0 bridgehead atoms. The van der Waals surface area contributed by atoms with Crippen LogP contribution < -0.4 is 0 Å². The normalized spacial score (nSPS) is 17.0. The molecular formula is C21H19NO4. The number of rotatable bonds is 3. The molecule has 1 aliphatic heterocycles. The van der Waals surface area contributed by atoms with Crippen LogP contribution in [0.3, 0.4) is 0 Å². The Morgan fingerprint density at radius 2 is 1.96 bits per heavy atom. The van der Waals surface area contributed by atoms with Crippen molar-refractivity contribution in [2.75, 3.05) is 13.1 Å². The standard InChI is InChI=1S/C21H19NO4/c1-13-5-4-6-14-11-18(26-19(13)14)20(23)22-10-9-15(12-22)16-7-2-3-8-17(16)21(24)25/h2-8,11,15H,9-10,12H2,1H3,(H,24,25)/t15-/m1/s1. The summed E-state index contributed by atoms with van der Waals surface area (Å²) in [6.45, 7) is 3.04. The van der Waals surface area contributed by atoms with E-state index in [2.05, 4.69) is 0 Å². The van der Waals surface area contributed by atoms with E-state index in [1.807, 2.05) is 37.3 Å². The highest BCUT2D eigenvalue weighted by Gasteiger charge is 2.31. The van der Waals surface area contributed by atoms with Gasteiger partial charge in [0.15, 0.2) is 5.76 Å². The fourth-order valence-electron chi connectivity index (χ4n) is 3.72. The summed E-state index contributed by atoms with van der Waals surface area (Å²) in [5.41, 5.74) is 2.83. The Morgan fingerprint density at radius 1 is 1.15 bits per heavy atom. The van der Waals surface area contributed by atoms with Gasteiger partial charge in [-0.15, -0.1) is 0 Å². The van der Waals surface area contributed by atoms with Crippen LogP contribution in [0.5, 0.6) is 0 Å². The molecular weight excluding hydrogens is 330 g/mol. The van der Waals surface area contributed by atoms with Crippen molar-refractivity contribution >= 4 is 22.8 Å². The second-order valence-corrected chi connectivity index (χ2v) is 6.73. The van der Waals surface area contributed by atoms with Crippen molar-refractivity contribution in [3.8, 4) is 0 Å². The lowest BCUT2D eigenvalue weighted by molar-refractivity contribution is 0.0695. The first-order chi connectivity index (χ1) is 12.5. The number of carbonyl (C=O) groups is 2. The van der Waals surface area contributed by atoms with Gasteiger partial charge in [0.05, 0.1) is 5.56 Å². The lowest BCUT2D eigenvalue weighted by Gasteiger charge is -2.16. The monoisotopic (exact) mass is 349 g/mol. The van der Waals surface area contributed by atoms with Crippen molar-refractivity contribution in [2.24, 2.45) is 0 Å². The van der Waals surface area contributed by atoms with E-state index >= 15 is 0 Å². The minimum Gasteiger partial charge on any atom is -0.478 e. The third-order valence-electron chi connectivity index (χ3n) is 5.06. The predicted molar refractivity (Wildman–Crippen MR) is 97.6 cm³/mol. The van der Waals surface area contributed by atoms with Crippen molar-refractivity contribution < 1.29 is 19.1 Å². The van der Waals surface area contributed by atoms with Gasteiger partial charge in [-0.2, -0.15) is 0 Å². The lowest BCUT2D eigenvalue weighted by Crippen LogP contribution is -2.28. The summed E-state index contributed by atoms with van der Waals surface area (Å²) in [6, 6.07) is 14.6. The number of para-hydroxylation sites is 1. The molecule has 3 aromatic rings. The maximum atomic E-state index is 12.8. The van der Waals surface area contributed by atoms with Crippen LogP contribution in [0.15, 0.2) is 52.9 Å². The number of carbonyl (C=O) groups excluding carboxylic acids is 1. The number of carboxylic acid groups (broad SMARTS) is 1. The molecule has 5 heteroatoms. The molecule has 1 amide bonds. The number of carboxylic acids is 1. The first-order valence-electron chi connectivity index (χ1n) is 8.65. The molecule has 1 aliphatic rings. The van der Waals surface area contributed by atoms with E-state index in [-0.39, 0.29) is 11.8 Å². The van der Waals surface area contributed by atoms with E-state index in [1.165, 1.54) is 0 Å². The van der Waals surface area contributed by atoms with Gasteiger partial charge in [0.2, 0.25) is 0 Å². The summed E-state index contributed by atoms with van der Waals surface area (Å²) in [5, 5.41) is 10.3. The topological polar surface area (TPSA) is 70.8 Å². The summed E-state index contributed by atoms with van der Waals surface area (Å²) in [4.78, 5) is 26.0. The van der Waals surface area contributed by atoms with Crippen molar-refractivity contribution in [1.82, 2.24) is 4.90 Å². The highest BCUT2D eigenvalue weighted by molar-refractivity contribution is 5.97. The number of fused-ring (bicyclic) bond motifs is 1. The van der Waals surface area contributed by atoms with E-state index in [0.29, 0.717) is 24.4 Å². The number of furan rings is 1. The van der Waals surface area contributed by atoms with Crippen molar-refractivity contribution in [3.05, 3.63) is 71.0 Å². The maximum absolute atomic E-state index is 12.8. The average molecular weight is 349 g/mol. The molecule has 0 saturated carbocycles. The SMILES string of the molecule is Cc1cccc2cc(C(=O)N3CC[C@@H](c4ccccc4C(=O)O)C3)oc12. The van der Waals surface area contributed by atoms with Gasteiger partial charge < -0.3 is 14.4 Å². The Labute approximate surface area is 150 Å². The second kappa shape index (κ2) is 6.33. The summed E-state index contributed by atoms with van der Waals surface area (Å²) >= 11 is 0. The quantitative estimate of drug-likeness (QED) is 0.774. The molecule has 4 rings (SSSR count). The zero-order valence-electron chi connectivity index (χ0n) is 14.4. The zero-order valence-corrected chi connectivity index (χ0v) is 14.4. The first kappa shape index (κ1) is 16.4. The third-order valence-corrected chi connectivity index (χ3v) is 5.06. The van der Waals surface area contributed by atoms with E-state index in [9.17, 15) is 14.7 Å². The Bertz CT molecular complexity index is 1000. The van der Waals surface area contributed by atoms with Gasteiger partial charge >= 0.3 is 5.97 Å². The molecule has 0 aliphatic carbocycles. The van der Waals surface area contributed by atoms with Gasteiger partial charge in [0, 0.05) is 24.4 Å². The molecule has 2 heterocycles. The number of hydrogen-bond acceptors (Lipinski definition) is 3. The summed E-state index contributed by atoms with van der Waals surface area (Å²) in [7, 11) is 0. The Morgan fingerprint density at radius 3 is 2.73 bits per heavy atom. The van der Waals surface area contributed by atoms with Crippen LogP contribution in [-0.4, -0.2) is 35.0 Å². The summed E-state index contributed by atoms with van der Waals surface area (Å²) in [6.07, 6.45) is 0.745. The van der Waals surface area contributed by atoms with E-state index in [0.717, 1.165) is 28.5 Å². The molecule has 132 valence electrons. The van der Waals surface area contributed by atoms with Crippen molar-refractivity contribution in [1.29, 1.82) is 0 Å². The number of nitrogens with zero attached hydrogens (tertiary/aromatic N) is 1. The maximum Gasteiger partial charge on any atom is 0.335 e. The molecule has 1 atom stereocenters. The molecule has 26 heavy (non-hydrogen) atoms. The van der Waals surface area contributed by atoms with Crippen molar-refractivity contribution in [3.63, 3.8) is 0 Å². The summed E-state index contributed by atoms with van der Waals surface area (Å²) < 4.78 is 5.79. The van der Waals surface area contributed by atoms with Crippen LogP contribution in [-0.2, 0) is 0 Å². The van der Waals surface area contributed by atoms with Crippen LogP contribution >= 0.6 is 0 Å². The summed E-state index contributed by atoms with van der Waals surface area (Å²) in [5.74, 6) is -0.715. The fraction of sp³-hybridized carbons (Fsp3) is 0.238. The minimum absolute atomic E-state index is 0.0253. The second-order valence-electron chi connectivity index (χ2n) is 6.73. The van der Waals surface area contributed by atoms with Crippen LogP contribution in [0.1, 0.15) is 44.4 Å². The van der Waals surface area contributed by atoms with Gasteiger partial charge in [0.25, 0.3) is 5.91 Å². The van der Waals surface area contributed by atoms with Crippen molar-refractivity contribution in [2.45, 2.75) is 19.3 Å². The Kier molecular flexibility index (Phi) is 3.99. The average Bonchev–Trinajstić information content (AvgIpc) is 3.29. The van der Waals surface area contributed by atoms with Gasteiger partial charge in [-0.05, 0) is 36.6 Å². The van der Waals surface area contributed by atoms with Crippen LogP contribution in [0.4, 0.5) is 0 Å². The fourth-order valence-corrected chi connectivity index (χ4v) is 3.72. The third kappa shape index (κ3) is 2.75. The molecule has 1 fully saturated rings. The first-order valence-corrected chi connectivity index (χ1v) is 8.65. The van der Waals surface area contributed by atoms with Crippen LogP contribution in [0, 0.1) is 6.92 Å². The molecule has 0 radical (unpaired) electrons. The number of aryl methyl sites for hydroxylation is 1. The predicted octanol–water partition coefficient (Wildman–Crippen LogP) is 4.07. The number of amides is 1. The van der Waals surface area contributed by atoms with Gasteiger partial charge in [-0.3, -0.25) is 4.79 Å². The Balaban J connectivity index is 1.57. The highest BCUT2D eigenvalue weighted by atomic mass is 16.4. The molecule has 2 aromatic carbocycles. The number of benzene rings is 2. The molecule has 1 saturated heterocycles. The molecule has 0 spiro atoms. The minimum atomic E-state index is -0.932. The molecule has 5 nitrogen and oxygen atoms in total. The zero-order chi connectivity index (χ0) is 18.3. The van der Waals surface area contributed by atoms with Crippen LogP contribution in [0.25, 0.3) is 11.0 Å². The van der Waals surface area contributed by atoms with Gasteiger partial charge in [0.1, 0.15) is 5.58 Å². The number of aromatic carboxylic acids is 1. The Hall–Kier alpha value is -3.08. The molecule has 1 N–H and O–H groups in total. The largest absolute Gasteiger partial charge is 0.478 e. The lowest BCUT2D eigenvalue weighted by atomic mass is 9.93. The van der Waals surface area contributed by atoms with E-state index in [4.69, 9.17) is 4.42 Å². The van der Waals surface area contributed by atoms with Crippen LogP contribution in [0.2, 0.25) is 0 Å². The van der Waals surface area contributed by atoms with E-state index in [1.54, 1.807) is 23.1 Å². The number of hydrogen-bond donors (Lipinski definition) is 1. The highest BCUT2D eigenvalue weighted by Crippen LogP contribution is 2.31. The van der Waals surface area contributed by atoms with Gasteiger partial charge in [-0.1, -0.05) is 36.4 Å². The number of likely N-dealkylation sites (tertiary alicyclic amines) is 1. The smallest absolute Gasteiger partial charge is 0.335 e. The molecule has 0 unspecified atom stereocenters. The van der Waals surface area contributed by atoms with Gasteiger partial charge in [-0.25, -0.2) is 4.79 Å². The molecule has 1 aromatic heterocycles.